The maximum Gasteiger partial charge on any atom is 0.219 e. The normalized spacial score (nSPS) is 7.14. The minimum atomic E-state index is 0.0926. The van der Waals surface area contributed by atoms with Gasteiger partial charge in [0.05, 0.1) is 0 Å². The zero-order valence-electron chi connectivity index (χ0n) is 9.58. The summed E-state index contributed by atoms with van der Waals surface area (Å²) in [6.07, 6.45) is 0.580. The molecule has 0 spiro atoms. The standard InChI is InChI=1S/C6H6.C4H9NO.C2H6/c1-2-4-6-5-3-1;1-3-4(6)5-2;1-2/h1-6H;3H2,1-2H3,(H,5,6);1-2H3. The molecule has 0 aliphatic carbocycles. The number of hydrogen-bond donors (Lipinski definition) is 1. The van der Waals surface area contributed by atoms with Crippen molar-refractivity contribution in [2.75, 3.05) is 7.05 Å². The van der Waals surface area contributed by atoms with Gasteiger partial charge in [-0.15, -0.1) is 0 Å². The predicted molar refractivity (Wildman–Crippen MR) is 62.1 cm³/mol. The molecule has 0 aliphatic heterocycles. The van der Waals surface area contributed by atoms with Crippen LogP contribution in [0.5, 0.6) is 0 Å². The second-order valence-corrected chi connectivity index (χ2v) is 2.18. The average molecular weight is 195 g/mol. The highest BCUT2D eigenvalue weighted by molar-refractivity contribution is 5.74. The lowest BCUT2D eigenvalue weighted by Gasteiger charge is -1.87. The van der Waals surface area contributed by atoms with Crippen molar-refractivity contribution in [3.8, 4) is 0 Å². The summed E-state index contributed by atoms with van der Waals surface area (Å²) in [6, 6.07) is 12.0. The van der Waals surface area contributed by atoms with Crippen molar-refractivity contribution in [3.05, 3.63) is 36.4 Å². The molecule has 1 amide bonds. The molecule has 1 aromatic carbocycles. The molecule has 0 saturated carbocycles. The summed E-state index contributed by atoms with van der Waals surface area (Å²) < 4.78 is 0. The van der Waals surface area contributed by atoms with Gasteiger partial charge >= 0.3 is 0 Å². The van der Waals surface area contributed by atoms with Crippen molar-refractivity contribution in [1.82, 2.24) is 5.32 Å². The van der Waals surface area contributed by atoms with Crippen LogP contribution >= 0.6 is 0 Å². The van der Waals surface area contributed by atoms with Crippen LogP contribution in [0.1, 0.15) is 27.2 Å². The molecule has 0 radical (unpaired) electrons. The van der Waals surface area contributed by atoms with E-state index in [-0.39, 0.29) is 5.91 Å². The van der Waals surface area contributed by atoms with E-state index in [1.54, 1.807) is 7.05 Å². The first-order valence-corrected chi connectivity index (χ1v) is 5.01. The van der Waals surface area contributed by atoms with Crippen LogP contribution in [0.25, 0.3) is 0 Å². The molecule has 1 rings (SSSR count). The Bertz CT molecular complexity index is 164. The quantitative estimate of drug-likeness (QED) is 0.733. The number of carbonyl (C=O) groups is 1. The van der Waals surface area contributed by atoms with Crippen molar-refractivity contribution in [3.63, 3.8) is 0 Å². The van der Waals surface area contributed by atoms with Crippen molar-refractivity contribution in [1.29, 1.82) is 0 Å². The Morgan fingerprint density at radius 3 is 1.36 bits per heavy atom. The van der Waals surface area contributed by atoms with E-state index < -0.39 is 0 Å². The van der Waals surface area contributed by atoms with Crippen molar-refractivity contribution in [2.45, 2.75) is 27.2 Å². The first-order valence-electron chi connectivity index (χ1n) is 5.01. The van der Waals surface area contributed by atoms with Gasteiger partial charge in [0, 0.05) is 13.5 Å². The summed E-state index contributed by atoms with van der Waals surface area (Å²) >= 11 is 0. The number of amides is 1. The van der Waals surface area contributed by atoms with Crippen LogP contribution in [0.15, 0.2) is 36.4 Å². The Kier molecular flexibility index (Phi) is 15.4. The summed E-state index contributed by atoms with van der Waals surface area (Å²) in [5.74, 6) is 0.0926. The smallest absolute Gasteiger partial charge is 0.219 e. The monoisotopic (exact) mass is 195 g/mol. The highest BCUT2D eigenvalue weighted by Gasteiger charge is 1.84. The van der Waals surface area contributed by atoms with Gasteiger partial charge in [-0.05, 0) is 0 Å². The van der Waals surface area contributed by atoms with Crippen molar-refractivity contribution in [2.24, 2.45) is 0 Å². The predicted octanol–water partition coefficient (Wildman–Crippen LogP) is 2.86. The fourth-order valence-electron chi connectivity index (χ4n) is 0.562. The summed E-state index contributed by atoms with van der Waals surface area (Å²) in [7, 11) is 1.63. The van der Waals surface area contributed by atoms with E-state index in [0.717, 1.165) is 0 Å². The molecule has 0 unspecified atom stereocenters. The van der Waals surface area contributed by atoms with Gasteiger partial charge in [-0.25, -0.2) is 0 Å². The zero-order chi connectivity index (χ0) is 11.2. The Morgan fingerprint density at radius 2 is 1.29 bits per heavy atom. The zero-order valence-corrected chi connectivity index (χ0v) is 9.58. The van der Waals surface area contributed by atoms with Crippen LogP contribution in [0.2, 0.25) is 0 Å². The van der Waals surface area contributed by atoms with Crippen LogP contribution in [-0.2, 0) is 4.79 Å². The van der Waals surface area contributed by atoms with Crippen LogP contribution in [0.3, 0.4) is 0 Å². The molecule has 0 atom stereocenters. The topological polar surface area (TPSA) is 29.1 Å². The Morgan fingerprint density at radius 1 is 1.00 bits per heavy atom. The van der Waals surface area contributed by atoms with Gasteiger partial charge in [-0.1, -0.05) is 57.2 Å². The van der Waals surface area contributed by atoms with Crippen LogP contribution < -0.4 is 5.32 Å². The fraction of sp³-hybridized carbons (Fsp3) is 0.417. The van der Waals surface area contributed by atoms with Gasteiger partial charge in [0.25, 0.3) is 0 Å². The van der Waals surface area contributed by atoms with Crippen LogP contribution in [0.4, 0.5) is 0 Å². The number of hydrogen-bond acceptors (Lipinski definition) is 1. The Balaban J connectivity index is 0. The lowest BCUT2D eigenvalue weighted by molar-refractivity contribution is -0.120. The molecular formula is C12H21NO. The summed E-state index contributed by atoms with van der Waals surface area (Å²) in [6.45, 7) is 5.82. The van der Waals surface area contributed by atoms with Gasteiger partial charge in [0.1, 0.15) is 0 Å². The average Bonchev–Trinajstić information content (AvgIpc) is 2.33. The van der Waals surface area contributed by atoms with E-state index in [4.69, 9.17) is 0 Å². The molecule has 14 heavy (non-hydrogen) atoms. The molecule has 1 N–H and O–H groups in total. The second kappa shape index (κ2) is 14.2. The van der Waals surface area contributed by atoms with E-state index >= 15 is 0 Å². The summed E-state index contributed by atoms with van der Waals surface area (Å²) in [5.41, 5.74) is 0. The number of nitrogens with one attached hydrogen (secondary N) is 1. The number of carbonyl (C=O) groups excluding carboxylic acids is 1. The molecule has 0 fully saturated rings. The first-order chi connectivity index (χ1) is 6.81. The third-order valence-corrected chi connectivity index (χ3v) is 1.27. The third kappa shape index (κ3) is 13.3. The molecule has 0 aromatic heterocycles. The molecule has 2 nitrogen and oxygen atoms in total. The minimum absolute atomic E-state index is 0.0926. The van der Waals surface area contributed by atoms with E-state index in [1.807, 2.05) is 57.2 Å². The van der Waals surface area contributed by atoms with E-state index in [2.05, 4.69) is 5.32 Å². The van der Waals surface area contributed by atoms with Gasteiger partial charge in [-0.2, -0.15) is 0 Å². The Labute approximate surface area is 87.3 Å². The number of benzene rings is 1. The largest absolute Gasteiger partial charge is 0.359 e. The molecule has 0 aliphatic rings. The molecule has 1 aromatic rings. The molecular weight excluding hydrogens is 174 g/mol. The maximum absolute atomic E-state index is 10.1. The van der Waals surface area contributed by atoms with E-state index in [0.29, 0.717) is 6.42 Å². The van der Waals surface area contributed by atoms with Crippen LogP contribution in [-0.4, -0.2) is 13.0 Å². The summed E-state index contributed by atoms with van der Waals surface area (Å²) in [4.78, 5) is 10.1. The van der Waals surface area contributed by atoms with Gasteiger partial charge in [-0.3, -0.25) is 4.79 Å². The first kappa shape index (κ1) is 15.2. The molecule has 0 heterocycles. The molecule has 2 heteroatoms. The molecule has 80 valence electrons. The fourth-order valence-corrected chi connectivity index (χ4v) is 0.562. The lowest BCUT2D eigenvalue weighted by atomic mass is 10.4. The summed E-state index contributed by atoms with van der Waals surface area (Å²) in [5, 5.41) is 2.48. The van der Waals surface area contributed by atoms with Crippen molar-refractivity contribution >= 4 is 5.91 Å². The van der Waals surface area contributed by atoms with Crippen LogP contribution in [0, 0.1) is 0 Å². The maximum atomic E-state index is 10.1. The Hall–Kier alpha value is -1.31. The SMILES string of the molecule is CC.CCC(=O)NC.c1ccccc1. The van der Waals surface area contributed by atoms with Gasteiger partial charge < -0.3 is 5.32 Å². The lowest BCUT2D eigenvalue weighted by Crippen LogP contribution is -2.15. The number of rotatable bonds is 1. The third-order valence-electron chi connectivity index (χ3n) is 1.27. The highest BCUT2D eigenvalue weighted by Crippen LogP contribution is 1.79. The molecule has 0 saturated heterocycles. The second-order valence-electron chi connectivity index (χ2n) is 2.18. The van der Waals surface area contributed by atoms with Crippen molar-refractivity contribution < 1.29 is 4.79 Å². The van der Waals surface area contributed by atoms with Gasteiger partial charge in [0.2, 0.25) is 5.91 Å². The van der Waals surface area contributed by atoms with E-state index in [9.17, 15) is 4.79 Å². The van der Waals surface area contributed by atoms with Gasteiger partial charge in [0.15, 0.2) is 0 Å². The molecule has 0 bridgehead atoms. The highest BCUT2D eigenvalue weighted by atomic mass is 16.1. The minimum Gasteiger partial charge on any atom is -0.359 e. The van der Waals surface area contributed by atoms with E-state index in [1.165, 1.54) is 0 Å².